The van der Waals surface area contributed by atoms with Crippen LogP contribution in [0.1, 0.15) is 17.4 Å². The fraction of sp³-hybridized carbons (Fsp3) is 0.308. The van der Waals surface area contributed by atoms with Gasteiger partial charge in [-0.25, -0.2) is 0 Å². The van der Waals surface area contributed by atoms with Crippen LogP contribution in [0.25, 0.3) is 10.9 Å². The van der Waals surface area contributed by atoms with Gasteiger partial charge in [0.2, 0.25) is 0 Å². The first-order valence-corrected chi connectivity index (χ1v) is 5.45. The number of aromatic nitrogens is 1. The van der Waals surface area contributed by atoms with Crippen molar-refractivity contribution >= 4 is 16.8 Å². The van der Waals surface area contributed by atoms with Gasteiger partial charge in [0.15, 0.2) is 0 Å². The van der Waals surface area contributed by atoms with Crippen molar-refractivity contribution in [2.24, 2.45) is 7.05 Å². The highest BCUT2D eigenvalue weighted by Gasteiger charge is 2.15. The minimum Gasteiger partial charge on any atom is -0.341 e. The zero-order valence-corrected chi connectivity index (χ0v) is 9.90. The van der Waals surface area contributed by atoms with Gasteiger partial charge in [0.1, 0.15) is 5.69 Å². The molecule has 0 radical (unpaired) electrons. The Hall–Kier alpha value is -1.77. The van der Waals surface area contributed by atoms with Crippen LogP contribution in [0.2, 0.25) is 0 Å². The summed E-state index contributed by atoms with van der Waals surface area (Å²) >= 11 is 0. The van der Waals surface area contributed by atoms with E-state index in [2.05, 4.69) is 0 Å². The first-order valence-electron chi connectivity index (χ1n) is 5.45. The third kappa shape index (κ3) is 1.58. The fourth-order valence-electron chi connectivity index (χ4n) is 1.83. The van der Waals surface area contributed by atoms with Crippen molar-refractivity contribution in [1.29, 1.82) is 0 Å². The van der Waals surface area contributed by atoms with E-state index in [1.807, 2.05) is 55.9 Å². The van der Waals surface area contributed by atoms with E-state index in [0.29, 0.717) is 0 Å². The van der Waals surface area contributed by atoms with E-state index in [-0.39, 0.29) is 5.91 Å². The third-order valence-corrected chi connectivity index (χ3v) is 2.99. The SMILES string of the molecule is CCN(C)C(=O)c1cc2ccccc2n1C. The van der Waals surface area contributed by atoms with Crippen LogP contribution in [0.3, 0.4) is 0 Å². The first-order chi connectivity index (χ1) is 7.65. The molecule has 16 heavy (non-hydrogen) atoms. The molecule has 2 aromatic rings. The Balaban J connectivity index is 2.53. The van der Waals surface area contributed by atoms with Gasteiger partial charge in [-0.3, -0.25) is 4.79 Å². The molecule has 0 saturated carbocycles. The number of aryl methyl sites for hydroxylation is 1. The van der Waals surface area contributed by atoms with Crippen LogP contribution in [0.15, 0.2) is 30.3 Å². The molecule has 0 aliphatic heterocycles. The zero-order valence-electron chi connectivity index (χ0n) is 9.90. The molecule has 84 valence electrons. The lowest BCUT2D eigenvalue weighted by Gasteiger charge is -2.14. The van der Waals surface area contributed by atoms with E-state index in [0.717, 1.165) is 23.1 Å². The molecule has 0 N–H and O–H groups in total. The molecule has 0 bridgehead atoms. The van der Waals surface area contributed by atoms with Crippen LogP contribution in [-0.4, -0.2) is 29.0 Å². The Morgan fingerprint density at radius 1 is 1.38 bits per heavy atom. The van der Waals surface area contributed by atoms with Gasteiger partial charge in [0, 0.05) is 31.5 Å². The van der Waals surface area contributed by atoms with Crippen LogP contribution in [0, 0.1) is 0 Å². The average molecular weight is 216 g/mol. The predicted molar refractivity (Wildman–Crippen MR) is 65.6 cm³/mol. The van der Waals surface area contributed by atoms with E-state index in [4.69, 9.17) is 0 Å². The zero-order chi connectivity index (χ0) is 11.7. The summed E-state index contributed by atoms with van der Waals surface area (Å²) in [7, 11) is 3.75. The van der Waals surface area contributed by atoms with Gasteiger partial charge in [-0.2, -0.15) is 0 Å². The Labute approximate surface area is 95.3 Å². The second-order valence-electron chi connectivity index (χ2n) is 3.97. The van der Waals surface area contributed by atoms with Gasteiger partial charge in [-0.1, -0.05) is 18.2 Å². The largest absolute Gasteiger partial charge is 0.341 e. The molecule has 0 atom stereocenters. The van der Waals surface area contributed by atoms with E-state index < -0.39 is 0 Å². The standard InChI is InChI=1S/C13H16N2O/c1-4-14(2)13(16)12-9-10-7-5-6-8-11(10)15(12)3/h5-9H,4H2,1-3H3. The number of hydrogen-bond donors (Lipinski definition) is 0. The summed E-state index contributed by atoms with van der Waals surface area (Å²) in [6, 6.07) is 9.97. The van der Waals surface area contributed by atoms with E-state index in [9.17, 15) is 4.79 Å². The molecule has 2 rings (SSSR count). The van der Waals surface area contributed by atoms with Gasteiger partial charge < -0.3 is 9.47 Å². The maximum absolute atomic E-state index is 12.1. The van der Waals surface area contributed by atoms with Gasteiger partial charge in [-0.05, 0) is 19.1 Å². The number of para-hydroxylation sites is 1. The Kier molecular flexibility index (Phi) is 2.69. The summed E-state index contributed by atoms with van der Waals surface area (Å²) in [6.45, 7) is 2.70. The molecule has 0 spiro atoms. The summed E-state index contributed by atoms with van der Waals surface area (Å²) in [5, 5.41) is 1.11. The minimum absolute atomic E-state index is 0.0706. The summed E-state index contributed by atoms with van der Waals surface area (Å²) < 4.78 is 1.95. The Morgan fingerprint density at radius 2 is 2.06 bits per heavy atom. The number of amides is 1. The monoisotopic (exact) mass is 216 g/mol. The van der Waals surface area contributed by atoms with Crippen molar-refractivity contribution in [3.05, 3.63) is 36.0 Å². The second-order valence-corrected chi connectivity index (χ2v) is 3.97. The lowest BCUT2D eigenvalue weighted by Crippen LogP contribution is -2.27. The normalized spacial score (nSPS) is 10.7. The quantitative estimate of drug-likeness (QED) is 0.756. The summed E-state index contributed by atoms with van der Waals surface area (Å²) in [5.74, 6) is 0.0706. The number of carbonyl (C=O) groups is 1. The molecular weight excluding hydrogens is 200 g/mol. The van der Waals surface area contributed by atoms with Gasteiger partial charge >= 0.3 is 0 Å². The summed E-state index contributed by atoms with van der Waals surface area (Å²) in [6.07, 6.45) is 0. The smallest absolute Gasteiger partial charge is 0.270 e. The van der Waals surface area contributed by atoms with Crippen molar-refractivity contribution in [2.75, 3.05) is 13.6 Å². The molecule has 1 aromatic heterocycles. The summed E-state index contributed by atoms with van der Waals surface area (Å²) in [4.78, 5) is 13.8. The molecule has 0 aliphatic rings. The maximum atomic E-state index is 12.1. The number of rotatable bonds is 2. The second kappa shape index (κ2) is 4.00. The molecule has 1 amide bonds. The van der Waals surface area contributed by atoms with Crippen LogP contribution < -0.4 is 0 Å². The highest BCUT2D eigenvalue weighted by atomic mass is 16.2. The van der Waals surface area contributed by atoms with Crippen molar-refractivity contribution in [2.45, 2.75) is 6.92 Å². The lowest BCUT2D eigenvalue weighted by molar-refractivity contribution is 0.0793. The topological polar surface area (TPSA) is 25.2 Å². The molecule has 1 aromatic carbocycles. The number of fused-ring (bicyclic) bond motifs is 1. The molecule has 0 aliphatic carbocycles. The van der Waals surface area contributed by atoms with Crippen molar-refractivity contribution in [3.8, 4) is 0 Å². The Bertz CT molecular complexity index is 528. The predicted octanol–water partition coefficient (Wildman–Crippen LogP) is 2.27. The molecule has 3 heteroatoms. The fourth-order valence-corrected chi connectivity index (χ4v) is 1.83. The highest BCUT2D eigenvalue weighted by molar-refractivity contribution is 5.98. The molecule has 0 saturated heterocycles. The molecule has 1 heterocycles. The molecule has 0 fully saturated rings. The van der Waals surface area contributed by atoms with Gasteiger partial charge in [0.25, 0.3) is 5.91 Å². The number of nitrogens with zero attached hydrogens (tertiary/aromatic N) is 2. The molecule has 3 nitrogen and oxygen atoms in total. The molecular formula is C13H16N2O. The molecule has 0 unspecified atom stereocenters. The first kappa shape index (κ1) is 10.7. The number of carbonyl (C=O) groups excluding carboxylic acids is 1. The van der Waals surface area contributed by atoms with Gasteiger partial charge in [-0.15, -0.1) is 0 Å². The van der Waals surface area contributed by atoms with Crippen LogP contribution in [-0.2, 0) is 7.05 Å². The Morgan fingerprint density at radius 3 is 2.69 bits per heavy atom. The minimum atomic E-state index is 0.0706. The van der Waals surface area contributed by atoms with Crippen LogP contribution in [0.4, 0.5) is 0 Å². The van der Waals surface area contributed by atoms with Crippen molar-refractivity contribution < 1.29 is 4.79 Å². The van der Waals surface area contributed by atoms with Crippen LogP contribution >= 0.6 is 0 Å². The van der Waals surface area contributed by atoms with E-state index in [1.165, 1.54) is 0 Å². The van der Waals surface area contributed by atoms with Crippen molar-refractivity contribution in [1.82, 2.24) is 9.47 Å². The van der Waals surface area contributed by atoms with Crippen LogP contribution in [0.5, 0.6) is 0 Å². The van der Waals surface area contributed by atoms with E-state index >= 15 is 0 Å². The highest BCUT2D eigenvalue weighted by Crippen LogP contribution is 2.19. The van der Waals surface area contributed by atoms with Gasteiger partial charge in [0.05, 0.1) is 0 Å². The lowest BCUT2D eigenvalue weighted by atomic mass is 10.2. The van der Waals surface area contributed by atoms with Crippen molar-refractivity contribution in [3.63, 3.8) is 0 Å². The number of benzene rings is 1. The maximum Gasteiger partial charge on any atom is 0.270 e. The average Bonchev–Trinajstić information content (AvgIpc) is 2.65. The number of hydrogen-bond acceptors (Lipinski definition) is 1. The summed E-state index contributed by atoms with van der Waals surface area (Å²) in [5.41, 5.74) is 1.83. The third-order valence-electron chi connectivity index (χ3n) is 2.99. The van der Waals surface area contributed by atoms with E-state index in [1.54, 1.807) is 4.90 Å².